The first-order chi connectivity index (χ1) is 8.79. The first kappa shape index (κ1) is 12.5. The molecule has 2 rings (SSSR count). The van der Waals surface area contributed by atoms with Crippen molar-refractivity contribution in [1.82, 2.24) is 4.98 Å². The van der Waals surface area contributed by atoms with E-state index in [0.29, 0.717) is 18.5 Å². The Morgan fingerprint density at radius 2 is 1.61 bits per heavy atom. The van der Waals surface area contributed by atoms with Crippen LogP contribution in [0.5, 0.6) is 0 Å². The first-order valence-electron chi connectivity index (χ1n) is 6.00. The number of carbonyl (C=O) groups is 1. The van der Waals surface area contributed by atoms with E-state index in [4.69, 9.17) is 5.73 Å². The van der Waals surface area contributed by atoms with Crippen molar-refractivity contribution in [2.45, 2.75) is 12.8 Å². The second kappa shape index (κ2) is 6.07. The Hall–Kier alpha value is -2.00. The van der Waals surface area contributed by atoms with Crippen LogP contribution in [0.3, 0.4) is 0 Å². The van der Waals surface area contributed by atoms with Crippen LogP contribution in [0, 0.1) is 0 Å². The second-order valence-corrected chi connectivity index (χ2v) is 4.19. The quantitative estimate of drug-likeness (QED) is 0.813. The number of aromatic nitrogens is 1. The number of nitrogens with two attached hydrogens (primary N) is 1. The standard InChI is InChI=1S/C15H16N2O/c16-8-5-12-1-3-13(4-2-12)11-15(18)14-6-9-17-10-7-14/h1-4,6-7,9-10H,5,8,11,16H2. The third-order valence-corrected chi connectivity index (χ3v) is 2.82. The molecule has 3 nitrogen and oxygen atoms in total. The van der Waals surface area contributed by atoms with Gasteiger partial charge in [0.1, 0.15) is 0 Å². The molecule has 0 spiro atoms. The molecule has 1 aromatic carbocycles. The lowest BCUT2D eigenvalue weighted by molar-refractivity contribution is 0.0993. The van der Waals surface area contributed by atoms with Gasteiger partial charge in [0, 0.05) is 24.4 Å². The van der Waals surface area contributed by atoms with Crippen LogP contribution < -0.4 is 5.73 Å². The van der Waals surface area contributed by atoms with Crippen molar-refractivity contribution in [2.75, 3.05) is 6.54 Å². The van der Waals surface area contributed by atoms with E-state index in [9.17, 15) is 4.79 Å². The monoisotopic (exact) mass is 240 g/mol. The van der Waals surface area contributed by atoms with Crippen molar-refractivity contribution in [2.24, 2.45) is 5.73 Å². The maximum Gasteiger partial charge on any atom is 0.167 e. The molecule has 0 bridgehead atoms. The fourth-order valence-electron chi connectivity index (χ4n) is 1.82. The molecule has 2 aromatic rings. The zero-order valence-corrected chi connectivity index (χ0v) is 10.2. The average Bonchev–Trinajstić information content (AvgIpc) is 2.42. The van der Waals surface area contributed by atoms with Gasteiger partial charge in [-0.15, -0.1) is 0 Å². The van der Waals surface area contributed by atoms with E-state index >= 15 is 0 Å². The molecular weight excluding hydrogens is 224 g/mol. The van der Waals surface area contributed by atoms with Crippen LogP contribution in [-0.2, 0) is 12.8 Å². The van der Waals surface area contributed by atoms with E-state index in [0.717, 1.165) is 12.0 Å². The fourth-order valence-corrected chi connectivity index (χ4v) is 1.82. The van der Waals surface area contributed by atoms with Gasteiger partial charge in [-0.1, -0.05) is 24.3 Å². The summed E-state index contributed by atoms with van der Waals surface area (Å²) in [6, 6.07) is 11.5. The van der Waals surface area contributed by atoms with E-state index < -0.39 is 0 Å². The van der Waals surface area contributed by atoms with Crippen LogP contribution in [0.25, 0.3) is 0 Å². The van der Waals surface area contributed by atoms with Crippen LogP contribution in [0.4, 0.5) is 0 Å². The Kier molecular flexibility index (Phi) is 4.20. The zero-order chi connectivity index (χ0) is 12.8. The maximum absolute atomic E-state index is 12.0. The molecule has 0 aliphatic rings. The summed E-state index contributed by atoms with van der Waals surface area (Å²) in [5, 5.41) is 0. The molecule has 0 aliphatic heterocycles. The molecule has 0 saturated carbocycles. The molecule has 0 fully saturated rings. The number of carbonyl (C=O) groups excluding carboxylic acids is 1. The van der Waals surface area contributed by atoms with Gasteiger partial charge in [-0.2, -0.15) is 0 Å². The van der Waals surface area contributed by atoms with Crippen molar-refractivity contribution in [3.63, 3.8) is 0 Å². The summed E-state index contributed by atoms with van der Waals surface area (Å²) in [5.41, 5.74) is 8.43. The molecule has 0 unspecified atom stereocenters. The van der Waals surface area contributed by atoms with Crippen molar-refractivity contribution in [1.29, 1.82) is 0 Å². The number of hydrogen-bond acceptors (Lipinski definition) is 3. The summed E-state index contributed by atoms with van der Waals surface area (Å²) in [6.45, 7) is 0.648. The van der Waals surface area contributed by atoms with Crippen LogP contribution in [0.1, 0.15) is 21.5 Å². The molecule has 0 radical (unpaired) electrons. The van der Waals surface area contributed by atoms with Crippen molar-refractivity contribution < 1.29 is 4.79 Å². The molecule has 18 heavy (non-hydrogen) atoms. The van der Waals surface area contributed by atoms with Crippen molar-refractivity contribution >= 4 is 5.78 Å². The number of Topliss-reactive ketones (excluding diaryl/α,β-unsaturated/α-hetero) is 1. The van der Waals surface area contributed by atoms with E-state index in [1.807, 2.05) is 24.3 Å². The van der Waals surface area contributed by atoms with Crippen LogP contribution in [0.2, 0.25) is 0 Å². The Labute approximate surface area is 107 Å². The molecule has 2 N–H and O–H groups in total. The molecule has 0 atom stereocenters. The van der Waals surface area contributed by atoms with Gasteiger partial charge in [0.25, 0.3) is 0 Å². The predicted molar refractivity (Wildman–Crippen MR) is 71.5 cm³/mol. The Morgan fingerprint density at radius 3 is 2.22 bits per heavy atom. The highest BCUT2D eigenvalue weighted by molar-refractivity contribution is 5.97. The number of pyridine rings is 1. The summed E-state index contributed by atoms with van der Waals surface area (Å²) >= 11 is 0. The van der Waals surface area contributed by atoms with Crippen LogP contribution in [0.15, 0.2) is 48.8 Å². The summed E-state index contributed by atoms with van der Waals surface area (Å²) in [4.78, 5) is 15.9. The number of benzene rings is 1. The van der Waals surface area contributed by atoms with Gasteiger partial charge in [-0.05, 0) is 36.2 Å². The van der Waals surface area contributed by atoms with Crippen molar-refractivity contribution in [3.8, 4) is 0 Å². The Balaban J connectivity index is 2.03. The molecule has 0 saturated heterocycles. The minimum atomic E-state index is 0.115. The summed E-state index contributed by atoms with van der Waals surface area (Å²) in [7, 11) is 0. The SMILES string of the molecule is NCCc1ccc(CC(=O)c2ccncc2)cc1. The van der Waals surface area contributed by atoms with Gasteiger partial charge >= 0.3 is 0 Å². The topological polar surface area (TPSA) is 56.0 Å². The van der Waals surface area contributed by atoms with Gasteiger partial charge in [0.2, 0.25) is 0 Å². The largest absolute Gasteiger partial charge is 0.330 e. The van der Waals surface area contributed by atoms with Gasteiger partial charge < -0.3 is 5.73 Å². The number of ketones is 1. The number of hydrogen-bond donors (Lipinski definition) is 1. The molecule has 1 heterocycles. The van der Waals surface area contributed by atoms with Gasteiger partial charge in [-0.3, -0.25) is 9.78 Å². The zero-order valence-electron chi connectivity index (χ0n) is 10.2. The number of rotatable bonds is 5. The molecule has 0 amide bonds. The lowest BCUT2D eigenvalue weighted by Crippen LogP contribution is -2.05. The highest BCUT2D eigenvalue weighted by Crippen LogP contribution is 2.09. The summed E-state index contributed by atoms with van der Waals surface area (Å²) < 4.78 is 0. The van der Waals surface area contributed by atoms with E-state index in [1.54, 1.807) is 24.5 Å². The van der Waals surface area contributed by atoms with Gasteiger partial charge in [0.05, 0.1) is 0 Å². The third kappa shape index (κ3) is 3.25. The lowest BCUT2D eigenvalue weighted by atomic mass is 10.0. The van der Waals surface area contributed by atoms with E-state index in [-0.39, 0.29) is 5.78 Å². The minimum absolute atomic E-state index is 0.115. The van der Waals surface area contributed by atoms with Crippen LogP contribution >= 0.6 is 0 Å². The smallest absolute Gasteiger partial charge is 0.167 e. The van der Waals surface area contributed by atoms with Crippen molar-refractivity contribution in [3.05, 3.63) is 65.5 Å². The Morgan fingerprint density at radius 1 is 1.00 bits per heavy atom. The van der Waals surface area contributed by atoms with E-state index in [2.05, 4.69) is 4.98 Å². The van der Waals surface area contributed by atoms with Gasteiger partial charge in [0.15, 0.2) is 5.78 Å². The summed E-state index contributed by atoms with van der Waals surface area (Å²) in [6.07, 6.45) is 4.57. The minimum Gasteiger partial charge on any atom is -0.330 e. The first-order valence-corrected chi connectivity index (χ1v) is 6.00. The summed E-state index contributed by atoms with van der Waals surface area (Å²) in [5.74, 6) is 0.115. The van der Waals surface area contributed by atoms with Crippen LogP contribution in [-0.4, -0.2) is 17.3 Å². The van der Waals surface area contributed by atoms with Gasteiger partial charge in [-0.25, -0.2) is 0 Å². The Bertz CT molecular complexity index is 506. The van der Waals surface area contributed by atoms with E-state index in [1.165, 1.54) is 5.56 Å². The fraction of sp³-hybridized carbons (Fsp3) is 0.200. The highest BCUT2D eigenvalue weighted by atomic mass is 16.1. The average molecular weight is 240 g/mol. The maximum atomic E-state index is 12.0. The lowest BCUT2D eigenvalue weighted by Gasteiger charge is -2.03. The molecule has 0 aliphatic carbocycles. The third-order valence-electron chi connectivity index (χ3n) is 2.82. The molecule has 3 heteroatoms. The molecule has 1 aromatic heterocycles. The molecular formula is C15H16N2O. The molecule has 92 valence electrons. The predicted octanol–water partition coefficient (Wildman–Crippen LogP) is 2.01. The highest BCUT2D eigenvalue weighted by Gasteiger charge is 2.06. The normalized spacial score (nSPS) is 10.3. The number of nitrogens with zero attached hydrogens (tertiary/aromatic N) is 1. The second-order valence-electron chi connectivity index (χ2n) is 4.19.